The largest absolute Gasteiger partial charge is 0.309 e. The second-order valence-corrected chi connectivity index (χ2v) is 4.54. The summed E-state index contributed by atoms with van der Waals surface area (Å²) in [5.74, 6) is 0. The monoisotopic (exact) mass is 276 g/mol. The lowest BCUT2D eigenvalue weighted by Gasteiger charge is -2.05. The zero-order valence-corrected chi connectivity index (χ0v) is 10.9. The van der Waals surface area contributed by atoms with Crippen molar-refractivity contribution in [1.82, 2.24) is 5.32 Å². The van der Waals surface area contributed by atoms with Crippen LogP contribution in [0.2, 0.25) is 5.02 Å². The maximum atomic E-state index is 10.8. The Kier molecular flexibility index (Phi) is 4.49. The van der Waals surface area contributed by atoms with E-state index in [1.54, 1.807) is 12.1 Å². The minimum Gasteiger partial charge on any atom is -0.309 e. The molecule has 4 nitrogen and oxygen atoms in total. The molecule has 5 heteroatoms. The highest BCUT2D eigenvalue weighted by Crippen LogP contribution is 2.24. The molecular formula is C14H13ClN2O2. The Balaban J connectivity index is 1.97. The topological polar surface area (TPSA) is 55.2 Å². The Morgan fingerprint density at radius 3 is 2.42 bits per heavy atom. The van der Waals surface area contributed by atoms with Gasteiger partial charge in [0, 0.05) is 19.2 Å². The van der Waals surface area contributed by atoms with Crippen LogP contribution >= 0.6 is 11.6 Å². The van der Waals surface area contributed by atoms with Crippen LogP contribution in [0.25, 0.3) is 0 Å². The van der Waals surface area contributed by atoms with E-state index in [2.05, 4.69) is 5.32 Å². The van der Waals surface area contributed by atoms with E-state index in [1.807, 2.05) is 30.3 Å². The molecule has 0 amide bonds. The summed E-state index contributed by atoms with van der Waals surface area (Å²) in [6, 6.07) is 14.8. The first kappa shape index (κ1) is 13.5. The van der Waals surface area contributed by atoms with Gasteiger partial charge in [-0.3, -0.25) is 10.1 Å². The van der Waals surface area contributed by atoms with Gasteiger partial charge >= 0.3 is 0 Å². The molecule has 0 fully saturated rings. The van der Waals surface area contributed by atoms with E-state index in [0.717, 1.165) is 12.1 Å². The molecule has 2 rings (SSSR count). The number of rotatable bonds is 5. The third kappa shape index (κ3) is 3.77. The van der Waals surface area contributed by atoms with Gasteiger partial charge in [0.25, 0.3) is 5.69 Å². The SMILES string of the molecule is O=[N+]([O-])c1cc(CNCc2ccccc2)ccc1Cl. The number of hydrogen-bond acceptors (Lipinski definition) is 3. The van der Waals surface area contributed by atoms with Crippen molar-refractivity contribution in [2.45, 2.75) is 13.1 Å². The van der Waals surface area contributed by atoms with Crippen LogP contribution in [-0.4, -0.2) is 4.92 Å². The number of nitrogens with zero attached hydrogens (tertiary/aromatic N) is 1. The lowest BCUT2D eigenvalue weighted by molar-refractivity contribution is -0.384. The zero-order valence-electron chi connectivity index (χ0n) is 10.2. The van der Waals surface area contributed by atoms with Gasteiger partial charge in [0.1, 0.15) is 5.02 Å². The average Bonchev–Trinajstić information content (AvgIpc) is 2.41. The third-order valence-corrected chi connectivity index (χ3v) is 3.03. The average molecular weight is 277 g/mol. The highest BCUT2D eigenvalue weighted by atomic mass is 35.5. The predicted molar refractivity (Wildman–Crippen MR) is 75.1 cm³/mol. The molecule has 2 aromatic rings. The molecular weight excluding hydrogens is 264 g/mol. The van der Waals surface area contributed by atoms with E-state index in [1.165, 1.54) is 11.6 Å². The fourth-order valence-electron chi connectivity index (χ4n) is 1.76. The molecule has 98 valence electrons. The van der Waals surface area contributed by atoms with Crippen LogP contribution in [-0.2, 0) is 13.1 Å². The fourth-order valence-corrected chi connectivity index (χ4v) is 1.94. The van der Waals surface area contributed by atoms with E-state index < -0.39 is 4.92 Å². The van der Waals surface area contributed by atoms with Gasteiger partial charge in [-0.05, 0) is 17.2 Å². The van der Waals surface area contributed by atoms with E-state index in [4.69, 9.17) is 11.6 Å². The first-order valence-corrected chi connectivity index (χ1v) is 6.22. The summed E-state index contributed by atoms with van der Waals surface area (Å²) < 4.78 is 0. The molecule has 0 aliphatic carbocycles. The molecule has 0 saturated heterocycles. The van der Waals surface area contributed by atoms with Crippen LogP contribution in [0.1, 0.15) is 11.1 Å². The third-order valence-electron chi connectivity index (χ3n) is 2.71. The van der Waals surface area contributed by atoms with E-state index >= 15 is 0 Å². The van der Waals surface area contributed by atoms with Crippen LogP contribution in [0.4, 0.5) is 5.69 Å². The molecule has 0 spiro atoms. The van der Waals surface area contributed by atoms with Crippen molar-refractivity contribution in [3.05, 3.63) is 74.8 Å². The number of hydrogen-bond donors (Lipinski definition) is 1. The molecule has 0 saturated carbocycles. The quantitative estimate of drug-likeness (QED) is 0.671. The van der Waals surface area contributed by atoms with Crippen LogP contribution < -0.4 is 5.32 Å². The molecule has 0 aromatic heterocycles. The standard InChI is InChI=1S/C14H13ClN2O2/c15-13-7-6-12(8-14(13)17(18)19)10-16-9-11-4-2-1-3-5-11/h1-8,16H,9-10H2. The van der Waals surface area contributed by atoms with Crippen molar-refractivity contribution in [3.8, 4) is 0 Å². The normalized spacial score (nSPS) is 10.4. The summed E-state index contributed by atoms with van der Waals surface area (Å²) in [4.78, 5) is 10.3. The first-order chi connectivity index (χ1) is 9.16. The van der Waals surface area contributed by atoms with E-state index in [9.17, 15) is 10.1 Å². The second kappa shape index (κ2) is 6.31. The minimum absolute atomic E-state index is 0.0549. The summed E-state index contributed by atoms with van der Waals surface area (Å²) in [6.07, 6.45) is 0. The van der Waals surface area contributed by atoms with Gasteiger partial charge in [-0.15, -0.1) is 0 Å². The summed E-state index contributed by atoms with van der Waals surface area (Å²) >= 11 is 5.76. The van der Waals surface area contributed by atoms with Gasteiger partial charge in [-0.25, -0.2) is 0 Å². The number of nitrogens with one attached hydrogen (secondary N) is 1. The maximum absolute atomic E-state index is 10.8. The molecule has 0 atom stereocenters. The highest BCUT2D eigenvalue weighted by molar-refractivity contribution is 6.32. The molecule has 0 aliphatic rings. The van der Waals surface area contributed by atoms with Gasteiger partial charge in [0.15, 0.2) is 0 Å². The summed E-state index contributed by atoms with van der Waals surface area (Å²) in [5.41, 5.74) is 1.96. The number of nitro groups is 1. The van der Waals surface area contributed by atoms with Crippen molar-refractivity contribution < 1.29 is 4.92 Å². The maximum Gasteiger partial charge on any atom is 0.288 e. The van der Waals surface area contributed by atoms with Gasteiger partial charge in [0.05, 0.1) is 4.92 Å². The first-order valence-electron chi connectivity index (χ1n) is 5.84. The Bertz CT molecular complexity index is 573. The highest BCUT2D eigenvalue weighted by Gasteiger charge is 2.12. The second-order valence-electron chi connectivity index (χ2n) is 4.13. The smallest absolute Gasteiger partial charge is 0.288 e. The van der Waals surface area contributed by atoms with Gasteiger partial charge in [-0.1, -0.05) is 48.0 Å². The number of nitro benzene ring substituents is 1. The lowest BCUT2D eigenvalue weighted by atomic mass is 10.2. The van der Waals surface area contributed by atoms with E-state index in [-0.39, 0.29) is 10.7 Å². The summed E-state index contributed by atoms with van der Waals surface area (Å²) in [6.45, 7) is 1.28. The van der Waals surface area contributed by atoms with Crippen molar-refractivity contribution in [2.75, 3.05) is 0 Å². The summed E-state index contributed by atoms with van der Waals surface area (Å²) in [5, 5.41) is 14.2. The molecule has 0 unspecified atom stereocenters. The van der Waals surface area contributed by atoms with Crippen LogP contribution in [0, 0.1) is 10.1 Å². The Morgan fingerprint density at radius 1 is 1.05 bits per heavy atom. The molecule has 1 N–H and O–H groups in total. The zero-order chi connectivity index (χ0) is 13.7. The Morgan fingerprint density at radius 2 is 1.74 bits per heavy atom. The molecule has 0 radical (unpaired) electrons. The van der Waals surface area contributed by atoms with Gasteiger partial charge in [0.2, 0.25) is 0 Å². The van der Waals surface area contributed by atoms with Crippen LogP contribution in [0.5, 0.6) is 0 Å². The predicted octanol–water partition coefficient (Wildman–Crippen LogP) is 3.54. The molecule has 0 aliphatic heterocycles. The Labute approximate surface area is 116 Å². The molecule has 0 heterocycles. The number of halogens is 1. The number of benzene rings is 2. The van der Waals surface area contributed by atoms with Crippen molar-refractivity contribution >= 4 is 17.3 Å². The van der Waals surface area contributed by atoms with Crippen molar-refractivity contribution in [3.63, 3.8) is 0 Å². The van der Waals surface area contributed by atoms with Gasteiger partial charge < -0.3 is 5.32 Å². The fraction of sp³-hybridized carbons (Fsp3) is 0.143. The van der Waals surface area contributed by atoms with Crippen LogP contribution in [0.3, 0.4) is 0 Å². The summed E-state index contributed by atoms with van der Waals surface area (Å²) in [7, 11) is 0. The molecule has 2 aromatic carbocycles. The van der Waals surface area contributed by atoms with Crippen LogP contribution in [0.15, 0.2) is 48.5 Å². The molecule has 19 heavy (non-hydrogen) atoms. The Hall–Kier alpha value is -1.91. The van der Waals surface area contributed by atoms with Gasteiger partial charge in [-0.2, -0.15) is 0 Å². The molecule has 0 bridgehead atoms. The van der Waals surface area contributed by atoms with Crippen molar-refractivity contribution in [2.24, 2.45) is 0 Å². The minimum atomic E-state index is -0.469. The lowest BCUT2D eigenvalue weighted by Crippen LogP contribution is -2.12. The van der Waals surface area contributed by atoms with Crippen molar-refractivity contribution in [1.29, 1.82) is 0 Å². The van der Waals surface area contributed by atoms with E-state index in [0.29, 0.717) is 6.54 Å².